The largest absolute Gasteiger partial charge is 0.318 e. The van der Waals surface area contributed by atoms with E-state index in [1.807, 2.05) is 7.05 Å². The summed E-state index contributed by atoms with van der Waals surface area (Å²) >= 11 is 0. The molecule has 1 aliphatic rings. The van der Waals surface area contributed by atoms with E-state index in [9.17, 15) is 0 Å². The Kier molecular flexibility index (Phi) is 7.03. The third-order valence-corrected chi connectivity index (χ3v) is 3.64. The quantitative estimate of drug-likeness (QED) is 0.681. The van der Waals surface area contributed by atoms with E-state index < -0.39 is 0 Å². The lowest BCUT2D eigenvalue weighted by Crippen LogP contribution is -2.29. The van der Waals surface area contributed by atoms with Crippen LogP contribution in [0.1, 0.15) is 44.9 Å². The van der Waals surface area contributed by atoms with E-state index in [1.54, 1.807) is 0 Å². The third-order valence-electron chi connectivity index (χ3n) is 3.64. The molecule has 0 bridgehead atoms. The summed E-state index contributed by atoms with van der Waals surface area (Å²) in [6, 6.07) is 0. The average molecular weight is 212 g/mol. The Bertz CT molecular complexity index is 139. The van der Waals surface area contributed by atoms with Crippen LogP contribution < -0.4 is 5.32 Å². The van der Waals surface area contributed by atoms with Gasteiger partial charge in [-0.15, -0.1) is 0 Å². The summed E-state index contributed by atoms with van der Waals surface area (Å²) in [5, 5.41) is 3.20. The Morgan fingerprint density at radius 1 is 1.07 bits per heavy atom. The van der Waals surface area contributed by atoms with Crippen LogP contribution in [0.4, 0.5) is 0 Å². The van der Waals surface area contributed by atoms with Crippen LogP contribution in [0.15, 0.2) is 0 Å². The van der Waals surface area contributed by atoms with E-state index in [-0.39, 0.29) is 0 Å². The van der Waals surface area contributed by atoms with Crippen molar-refractivity contribution < 1.29 is 0 Å². The number of hydrogen-bond acceptors (Lipinski definition) is 2. The molecule has 0 spiro atoms. The Hall–Kier alpha value is -0.0800. The number of nitrogens with one attached hydrogen (secondary N) is 1. The molecule has 0 atom stereocenters. The second kappa shape index (κ2) is 8.12. The number of nitrogens with zero attached hydrogens (tertiary/aromatic N) is 1. The molecule has 1 N–H and O–H groups in total. The maximum atomic E-state index is 3.20. The minimum Gasteiger partial charge on any atom is -0.318 e. The SMILES string of the molecule is CNCCN(C)CCC1CCCCCC1. The molecule has 1 rings (SSSR count). The fraction of sp³-hybridized carbons (Fsp3) is 1.00. The first-order valence-electron chi connectivity index (χ1n) is 6.66. The van der Waals surface area contributed by atoms with E-state index in [4.69, 9.17) is 0 Å². The van der Waals surface area contributed by atoms with Crippen molar-refractivity contribution in [2.75, 3.05) is 33.7 Å². The van der Waals surface area contributed by atoms with Gasteiger partial charge in [0.15, 0.2) is 0 Å². The molecule has 0 radical (unpaired) electrons. The predicted molar refractivity (Wildman–Crippen MR) is 67.2 cm³/mol. The summed E-state index contributed by atoms with van der Waals surface area (Å²) in [5.41, 5.74) is 0. The zero-order valence-corrected chi connectivity index (χ0v) is 10.6. The maximum Gasteiger partial charge on any atom is 0.0104 e. The molecular weight excluding hydrogens is 184 g/mol. The Morgan fingerprint density at radius 3 is 2.33 bits per heavy atom. The zero-order valence-electron chi connectivity index (χ0n) is 10.6. The van der Waals surface area contributed by atoms with Gasteiger partial charge in [-0.05, 0) is 33.0 Å². The topological polar surface area (TPSA) is 15.3 Å². The minimum absolute atomic E-state index is 1.02. The molecule has 0 heterocycles. The normalized spacial score (nSPS) is 19.4. The van der Waals surface area contributed by atoms with Crippen LogP contribution >= 0.6 is 0 Å². The first-order valence-corrected chi connectivity index (χ1v) is 6.66. The lowest BCUT2D eigenvalue weighted by molar-refractivity contribution is 0.289. The molecular formula is C13H28N2. The molecule has 1 saturated carbocycles. The van der Waals surface area contributed by atoms with Gasteiger partial charge >= 0.3 is 0 Å². The molecule has 0 unspecified atom stereocenters. The van der Waals surface area contributed by atoms with Crippen molar-refractivity contribution in [1.29, 1.82) is 0 Å². The Labute approximate surface area is 95.4 Å². The van der Waals surface area contributed by atoms with Gasteiger partial charge in [-0.2, -0.15) is 0 Å². The van der Waals surface area contributed by atoms with E-state index in [0.717, 1.165) is 12.5 Å². The third kappa shape index (κ3) is 6.16. The van der Waals surface area contributed by atoms with Crippen molar-refractivity contribution in [3.05, 3.63) is 0 Å². The van der Waals surface area contributed by atoms with Gasteiger partial charge in [-0.1, -0.05) is 38.5 Å². The van der Waals surface area contributed by atoms with Crippen molar-refractivity contribution in [2.45, 2.75) is 44.9 Å². The molecule has 0 aliphatic heterocycles. The van der Waals surface area contributed by atoms with Crippen LogP contribution in [0.25, 0.3) is 0 Å². The lowest BCUT2D eigenvalue weighted by Gasteiger charge is -2.20. The van der Waals surface area contributed by atoms with E-state index in [2.05, 4.69) is 17.3 Å². The van der Waals surface area contributed by atoms with Gasteiger partial charge in [0, 0.05) is 13.1 Å². The summed E-state index contributed by atoms with van der Waals surface area (Å²) in [7, 11) is 4.27. The van der Waals surface area contributed by atoms with Gasteiger partial charge in [0.05, 0.1) is 0 Å². The lowest BCUT2D eigenvalue weighted by atomic mass is 9.96. The van der Waals surface area contributed by atoms with Gasteiger partial charge in [0.2, 0.25) is 0 Å². The highest BCUT2D eigenvalue weighted by molar-refractivity contribution is 4.66. The summed E-state index contributed by atoms with van der Waals surface area (Å²) in [5.74, 6) is 1.02. The van der Waals surface area contributed by atoms with Crippen LogP contribution in [0.2, 0.25) is 0 Å². The fourth-order valence-corrected chi connectivity index (χ4v) is 2.47. The van der Waals surface area contributed by atoms with Crippen molar-refractivity contribution in [3.8, 4) is 0 Å². The summed E-state index contributed by atoms with van der Waals surface area (Å²) in [6.45, 7) is 3.58. The molecule has 0 aromatic carbocycles. The highest BCUT2D eigenvalue weighted by atomic mass is 15.1. The Morgan fingerprint density at radius 2 is 1.73 bits per heavy atom. The summed E-state index contributed by atoms with van der Waals surface area (Å²) in [6.07, 6.45) is 10.3. The molecule has 0 aromatic heterocycles. The highest BCUT2D eigenvalue weighted by Gasteiger charge is 2.12. The van der Waals surface area contributed by atoms with Crippen LogP contribution in [-0.2, 0) is 0 Å². The average Bonchev–Trinajstić information content (AvgIpc) is 2.51. The number of likely N-dealkylation sites (N-methyl/N-ethyl adjacent to an activating group) is 2. The highest BCUT2D eigenvalue weighted by Crippen LogP contribution is 2.25. The standard InChI is InChI=1S/C13H28N2/c1-14-10-12-15(2)11-9-13-7-5-3-4-6-8-13/h13-14H,3-12H2,1-2H3. The zero-order chi connectivity index (χ0) is 10.9. The summed E-state index contributed by atoms with van der Waals surface area (Å²) in [4.78, 5) is 2.46. The van der Waals surface area contributed by atoms with Crippen LogP contribution in [0, 0.1) is 5.92 Å². The predicted octanol–water partition coefficient (Wildman–Crippen LogP) is 2.50. The summed E-state index contributed by atoms with van der Waals surface area (Å²) < 4.78 is 0. The van der Waals surface area contributed by atoms with Crippen molar-refractivity contribution in [3.63, 3.8) is 0 Å². The minimum atomic E-state index is 1.02. The molecule has 0 saturated heterocycles. The van der Waals surface area contributed by atoms with E-state index in [0.29, 0.717) is 0 Å². The molecule has 15 heavy (non-hydrogen) atoms. The first-order chi connectivity index (χ1) is 7.33. The molecule has 1 fully saturated rings. The molecule has 90 valence electrons. The monoisotopic (exact) mass is 212 g/mol. The van der Waals surface area contributed by atoms with E-state index in [1.165, 1.54) is 58.0 Å². The smallest absolute Gasteiger partial charge is 0.0104 e. The molecule has 0 aromatic rings. The second-order valence-electron chi connectivity index (χ2n) is 5.05. The van der Waals surface area contributed by atoms with Crippen LogP contribution in [0.5, 0.6) is 0 Å². The van der Waals surface area contributed by atoms with Gasteiger partial charge in [-0.3, -0.25) is 0 Å². The second-order valence-corrected chi connectivity index (χ2v) is 5.05. The van der Waals surface area contributed by atoms with Gasteiger partial charge < -0.3 is 10.2 Å². The van der Waals surface area contributed by atoms with Crippen molar-refractivity contribution >= 4 is 0 Å². The van der Waals surface area contributed by atoms with Gasteiger partial charge in [0.25, 0.3) is 0 Å². The molecule has 1 aliphatic carbocycles. The van der Waals surface area contributed by atoms with Crippen LogP contribution in [0.3, 0.4) is 0 Å². The maximum absolute atomic E-state index is 3.20. The van der Waals surface area contributed by atoms with Crippen LogP contribution in [-0.4, -0.2) is 38.6 Å². The number of hydrogen-bond donors (Lipinski definition) is 1. The van der Waals surface area contributed by atoms with Gasteiger partial charge in [0.1, 0.15) is 0 Å². The fourth-order valence-electron chi connectivity index (χ4n) is 2.47. The van der Waals surface area contributed by atoms with Gasteiger partial charge in [-0.25, -0.2) is 0 Å². The molecule has 2 nitrogen and oxygen atoms in total. The Balaban J connectivity index is 2.06. The number of rotatable bonds is 6. The van der Waals surface area contributed by atoms with Crippen molar-refractivity contribution in [1.82, 2.24) is 10.2 Å². The molecule has 2 heteroatoms. The first kappa shape index (κ1) is 13.0. The molecule has 0 amide bonds. The van der Waals surface area contributed by atoms with Crippen molar-refractivity contribution in [2.24, 2.45) is 5.92 Å². The van der Waals surface area contributed by atoms with E-state index >= 15 is 0 Å².